The van der Waals surface area contributed by atoms with Crippen LogP contribution in [-0.4, -0.2) is 21.6 Å². The fourth-order valence-electron chi connectivity index (χ4n) is 3.01. The molecule has 31 heavy (non-hydrogen) atoms. The summed E-state index contributed by atoms with van der Waals surface area (Å²) in [6.07, 6.45) is 4.74. The van der Waals surface area contributed by atoms with Crippen LogP contribution in [0.5, 0.6) is 0 Å². The highest BCUT2D eigenvalue weighted by molar-refractivity contribution is 9.10. The zero-order valence-corrected chi connectivity index (χ0v) is 20.5. The van der Waals surface area contributed by atoms with Gasteiger partial charge >= 0.3 is 0 Å². The quantitative estimate of drug-likeness (QED) is 0.178. The Bertz CT molecular complexity index is 1170. The molecule has 0 radical (unpaired) electrons. The predicted molar refractivity (Wildman–Crippen MR) is 134 cm³/mol. The Morgan fingerprint density at radius 3 is 2.65 bits per heavy atom. The van der Waals surface area contributed by atoms with Gasteiger partial charge in [0.05, 0.1) is 16.8 Å². The Morgan fingerprint density at radius 2 is 1.87 bits per heavy atom. The van der Waals surface area contributed by atoms with Crippen LogP contribution in [0.2, 0.25) is 5.02 Å². The first kappa shape index (κ1) is 22.3. The maximum atomic E-state index is 13.2. The fraction of sp³-hybridized carbons (Fsp3) is 0.174. The van der Waals surface area contributed by atoms with Gasteiger partial charge in [0.25, 0.3) is 0 Å². The summed E-state index contributed by atoms with van der Waals surface area (Å²) in [5.41, 5.74) is 1.92. The molecule has 0 saturated carbocycles. The van der Waals surface area contributed by atoms with E-state index in [0.717, 1.165) is 47.5 Å². The number of halogens is 2. The van der Waals surface area contributed by atoms with Crippen molar-refractivity contribution in [2.24, 2.45) is 0 Å². The molecule has 2 aromatic carbocycles. The van der Waals surface area contributed by atoms with Crippen molar-refractivity contribution in [1.29, 1.82) is 0 Å². The van der Waals surface area contributed by atoms with Crippen LogP contribution in [0.15, 0.2) is 76.4 Å². The van der Waals surface area contributed by atoms with Crippen molar-refractivity contribution in [3.8, 4) is 0 Å². The van der Waals surface area contributed by atoms with Crippen LogP contribution in [0.1, 0.15) is 18.4 Å². The average Bonchev–Trinajstić information content (AvgIpc) is 3.19. The zero-order valence-electron chi connectivity index (χ0n) is 16.5. The number of anilines is 1. The minimum atomic E-state index is 0.0756. The Morgan fingerprint density at radius 1 is 1.10 bits per heavy atom. The van der Waals surface area contributed by atoms with Crippen molar-refractivity contribution in [1.82, 2.24) is 9.97 Å². The summed E-state index contributed by atoms with van der Waals surface area (Å²) in [5, 5.41) is 1.45. The number of aromatic nitrogens is 2. The number of rotatable bonds is 8. The number of pyridine rings is 1. The second-order valence-corrected chi connectivity index (χ2v) is 10.4. The molecule has 0 spiro atoms. The van der Waals surface area contributed by atoms with Crippen LogP contribution in [0.25, 0.3) is 10.2 Å². The molecule has 4 nitrogen and oxygen atoms in total. The van der Waals surface area contributed by atoms with E-state index in [-0.39, 0.29) is 5.91 Å². The van der Waals surface area contributed by atoms with Gasteiger partial charge in [-0.15, -0.1) is 11.8 Å². The molecule has 158 valence electrons. The number of hydrogen-bond acceptors (Lipinski definition) is 5. The third-order valence-corrected chi connectivity index (χ3v) is 7.46. The van der Waals surface area contributed by atoms with Gasteiger partial charge in [0, 0.05) is 33.2 Å². The summed E-state index contributed by atoms with van der Waals surface area (Å²) < 4.78 is 2.05. The number of fused-ring (bicyclic) bond motifs is 1. The van der Waals surface area contributed by atoms with Gasteiger partial charge in [-0.05, 0) is 72.3 Å². The third-order valence-electron chi connectivity index (χ3n) is 4.58. The second kappa shape index (κ2) is 10.6. The van der Waals surface area contributed by atoms with Crippen LogP contribution in [0.4, 0.5) is 5.13 Å². The summed E-state index contributed by atoms with van der Waals surface area (Å²) in [6, 6.07) is 17.6. The van der Waals surface area contributed by atoms with E-state index >= 15 is 0 Å². The largest absolute Gasteiger partial charge is 0.284 e. The molecule has 4 aromatic rings. The third kappa shape index (κ3) is 6.07. The molecule has 2 aromatic heterocycles. The monoisotopic (exact) mass is 531 g/mol. The van der Waals surface area contributed by atoms with E-state index in [1.165, 1.54) is 11.3 Å². The summed E-state index contributed by atoms with van der Waals surface area (Å²) in [4.78, 5) is 24.9. The number of thiazole rings is 1. The molecule has 0 aliphatic rings. The molecule has 8 heteroatoms. The van der Waals surface area contributed by atoms with Crippen LogP contribution in [-0.2, 0) is 11.3 Å². The maximum Gasteiger partial charge on any atom is 0.229 e. The average molecular weight is 533 g/mol. The highest BCUT2D eigenvalue weighted by Gasteiger charge is 2.20. The molecule has 0 fully saturated rings. The van der Waals surface area contributed by atoms with Crippen molar-refractivity contribution in [2.45, 2.75) is 24.3 Å². The summed E-state index contributed by atoms with van der Waals surface area (Å²) in [6.45, 7) is 0.479. The van der Waals surface area contributed by atoms with Crippen LogP contribution in [0.3, 0.4) is 0 Å². The minimum absolute atomic E-state index is 0.0756. The van der Waals surface area contributed by atoms with E-state index in [1.807, 2.05) is 54.6 Å². The normalized spacial score (nSPS) is 11.0. The van der Waals surface area contributed by atoms with E-state index < -0.39 is 0 Å². The van der Waals surface area contributed by atoms with Crippen LogP contribution >= 0.6 is 50.6 Å². The lowest BCUT2D eigenvalue weighted by atomic mass is 10.2. The lowest BCUT2D eigenvalue weighted by Crippen LogP contribution is -2.30. The van der Waals surface area contributed by atoms with Crippen LogP contribution < -0.4 is 4.90 Å². The van der Waals surface area contributed by atoms with E-state index in [0.29, 0.717) is 13.0 Å². The Hall–Kier alpha value is -1.93. The zero-order chi connectivity index (χ0) is 21.6. The smallest absolute Gasteiger partial charge is 0.229 e. The van der Waals surface area contributed by atoms with Crippen molar-refractivity contribution < 1.29 is 4.79 Å². The number of nitrogens with zero attached hydrogens (tertiary/aromatic N) is 3. The Kier molecular flexibility index (Phi) is 7.61. The van der Waals surface area contributed by atoms with E-state index in [9.17, 15) is 4.79 Å². The molecule has 0 unspecified atom stereocenters. The molecule has 0 aliphatic heterocycles. The molecule has 0 bridgehead atoms. The molecule has 1 amide bonds. The van der Waals surface area contributed by atoms with Crippen LogP contribution in [0, 0.1) is 0 Å². The summed E-state index contributed by atoms with van der Waals surface area (Å²) in [5.74, 6) is 0.940. The Labute approximate surface area is 202 Å². The topological polar surface area (TPSA) is 46.1 Å². The van der Waals surface area contributed by atoms with Gasteiger partial charge in [0.15, 0.2) is 5.13 Å². The molecule has 0 saturated heterocycles. The van der Waals surface area contributed by atoms with E-state index in [4.69, 9.17) is 16.6 Å². The van der Waals surface area contributed by atoms with E-state index in [2.05, 4.69) is 20.9 Å². The first-order valence-electron chi connectivity index (χ1n) is 9.72. The highest BCUT2D eigenvalue weighted by Crippen LogP contribution is 2.32. The predicted octanol–water partition coefficient (Wildman–Crippen LogP) is 7.21. The van der Waals surface area contributed by atoms with Crippen molar-refractivity contribution in [2.75, 3.05) is 10.7 Å². The molecular weight excluding hydrogens is 514 g/mol. The van der Waals surface area contributed by atoms with Crippen molar-refractivity contribution in [3.63, 3.8) is 0 Å². The highest BCUT2D eigenvalue weighted by atomic mass is 79.9. The first-order chi connectivity index (χ1) is 15.1. The number of carbonyl (C=O) groups excluding carboxylic acids is 1. The van der Waals surface area contributed by atoms with Gasteiger partial charge in [0.1, 0.15) is 0 Å². The second-order valence-electron chi connectivity index (χ2n) is 6.85. The number of carbonyl (C=O) groups is 1. The van der Waals surface area contributed by atoms with Crippen molar-refractivity contribution in [3.05, 3.63) is 82.0 Å². The SMILES string of the molecule is O=C(CCCSc1ccc(Cl)cc1)N(Cc1ccncc1)c1nc2ccc(Br)cc2s1. The summed E-state index contributed by atoms with van der Waals surface area (Å²) in [7, 11) is 0. The fourth-order valence-corrected chi connectivity index (χ4v) is 5.53. The minimum Gasteiger partial charge on any atom is -0.284 e. The van der Waals surface area contributed by atoms with Gasteiger partial charge in [-0.3, -0.25) is 14.7 Å². The molecule has 0 atom stereocenters. The number of amides is 1. The lowest BCUT2D eigenvalue weighted by molar-refractivity contribution is -0.118. The van der Waals surface area contributed by atoms with Gasteiger partial charge in [-0.1, -0.05) is 38.9 Å². The van der Waals surface area contributed by atoms with Gasteiger partial charge < -0.3 is 0 Å². The standard InChI is InChI=1S/C23H19BrClN3OS2/c24-17-3-8-20-21(14-17)31-23(27-20)28(15-16-9-11-26-12-10-16)22(29)2-1-13-30-19-6-4-18(25)5-7-19/h3-12,14H,1-2,13,15H2. The lowest BCUT2D eigenvalue weighted by Gasteiger charge is -2.20. The van der Waals surface area contributed by atoms with Crippen molar-refractivity contribution >= 4 is 71.9 Å². The number of thioether (sulfide) groups is 1. The summed E-state index contributed by atoms with van der Waals surface area (Å²) >= 11 is 12.7. The molecule has 4 rings (SSSR count). The molecule has 0 aliphatic carbocycles. The first-order valence-corrected chi connectivity index (χ1v) is 12.7. The van der Waals surface area contributed by atoms with Gasteiger partial charge in [-0.2, -0.15) is 0 Å². The number of benzene rings is 2. The molecule has 0 N–H and O–H groups in total. The maximum absolute atomic E-state index is 13.2. The Balaban J connectivity index is 1.46. The van der Waals surface area contributed by atoms with E-state index in [1.54, 1.807) is 29.1 Å². The molecular formula is C23H19BrClN3OS2. The van der Waals surface area contributed by atoms with Gasteiger partial charge in [0.2, 0.25) is 5.91 Å². The number of hydrogen-bond donors (Lipinski definition) is 0. The molecule has 2 heterocycles. The van der Waals surface area contributed by atoms with Gasteiger partial charge in [-0.25, -0.2) is 4.98 Å².